The van der Waals surface area contributed by atoms with E-state index < -0.39 is 0 Å². The van der Waals surface area contributed by atoms with Gasteiger partial charge in [-0.25, -0.2) is 0 Å². The van der Waals surface area contributed by atoms with Gasteiger partial charge in [-0.3, -0.25) is 9.58 Å². The molecular weight excluding hydrogens is 348 g/mol. The maximum absolute atomic E-state index is 5.00. The molecule has 0 radical (unpaired) electrons. The number of benzene rings is 1. The maximum atomic E-state index is 5.00. The van der Waals surface area contributed by atoms with Crippen molar-refractivity contribution >= 4 is 0 Å². The molecule has 0 N–H and O–H groups in total. The van der Waals surface area contributed by atoms with E-state index in [-0.39, 0.29) is 6.04 Å². The van der Waals surface area contributed by atoms with Crippen LogP contribution in [-0.4, -0.2) is 26.9 Å². The Morgan fingerprint density at radius 1 is 1.14 bits per heavy atom. The van der Waals surface area contributed by atoms with Gasteiger partial charge in [0.25, 0.3) is 0 Å². The van der Waals surface area contributed by atoms with E-state index in [9.17, 15) is 0 Å². The van der Waals surface area contributed by atoms with Gasteiger partial charge in [0.15, 0.2) is 0 Å². The number of aryl methyl sites for hydroxylation is 1. The van der Waals surface area contributed by atoms with Crippen LogP contribution in [0.3, 0.4) is 0 Å². The van der Waals surface area contributed by atoms with Crippen LogP contribution in [0.5, 0.6) is 0 Å². The topological polar surface area (TPSA) is 47.1 Å². The van der Waals surface area contributed by atoms with Crippen molar-refractivity contribution in [3.63, 3.8) is 0 Å². The number of aromatic nitrogens is 3. The number of hydrogen-bond donors (Lipinski definition) is 0. The second-order valence-corrected chi connectivity index (χ2v) is 8.15. The van der Waals surface area contributed by atoms with Crippen molar-refractivity contribution in [2.45, 2.75) is 57.5 Å². The lowest BCUT2D eigenvalue weighted by Gasteiger charge is -2.23. The summed E-state index contributed by atoms with van der Waals surface area (Å²) in [4.78, 5) is 2.27. The van der Waals surface area contributed by atoms with Crippen LogP contribution in [0.1, 0.15) is 67.8 Å². The quantitative estimate of drug-likeness (QED) is 0.583. The molecule has 5 nitrogen and oxygen atoms in total. The van der Waals surface area contributed by atoms with E-state index in [1.54, 1.807) is 6.26 Å². The molecule has 1 aliphatic carbocycles. The van der Waals surface area contributed by atoms with Crippen molar-refractivity contribution in [3.05, 3.63) is 59.6 Å². The van der Waals surface area contributed by atoms with E-state index in [1.165, 1.54) is 48.8 Å². The van der Waals surface area contributed by atoms with Crippen LogP contribution in [0.25, 0.3) is 11.3 Å². The van der Waals surface area contributed by atoms with Crippen LogP contribution >= 0.6 is 0 Å². The summed E-state index contributed by atoms with van der Waals surface area (Å²) < 4.78 is 6.91. The Bertz CT molecular complexity index is 876. The van der Waals surface area contributed by atoms with Gasteiger partial charge in [-0.2, -0.15) is 5.10 Å². The molecule has 0 spiro atoms. The fourth-order valence-electron chi connectivity index (χ4n) is 4.31. The largest absolute Gasteiger partial charge is 0.364 e. The first kappa shape index (κ1) is 18.9. The molecule has 0 bridgehead atoms. The Hall–Kier alpha value is -2.40. The minimum atomic E-state index is 0.181. The van der Waals surface area contributed by atoms with Crippen molar-refractivity contribution in [1.82, 2.24) is 19.8 Å². The Labute approximate surface area is 167 Å². The van der Waals surface area contributed by atoms with Crippen molar-refractivity contribution in [1.29, 1.82) is 0 Å². The van der Waals surface area contributed by atoms with E-state index in [4.69, 9.17) is 9.62 Å². The molecule has 2 aromatic heterocycles. The van der Waals surface area contributed by atoms with Gasteiger partial charge >= 0.3 is 0 Å². The van der Waals surface area contributed by atoms with Gasteiger partial charge in [0.2, 0.25) is 0 Å². The van der Waals surface area contributed by atoms with Gasteiger partial charge in [0, 0.05) is 37.0 Å². The average molecular weight is 379 g/mol. The highest BCUT2D eigenvalue weighted by molar-refractivity contribution is 5.63. The molecule has 1 unspecified atom stereocenters. The molecule has 0 saturated heterocycles. The minimum Gasteiger partial charge on any atom is -0.364 e. The summed E-state index contributed by atoms with van der Waals surface area (Å²) in [7, 11) is 4.10. The predicted molar refractivity (Wildman–Crippen MR) is 111 cm³/mol. The number of rotatable bonds is 6. The molecule has 28 heavy (non-hydrogen) atoms. The van der Waals surface area contributed by atoms with Crippen molar-refractivity contribution in [2.75, 3.05) is 7.05 Å². The van der Waals surface area contributed by atoms with E-state index in [1.807, 2.05) is 17.8 Å². The summed E-state index contributed by atoms with van der Waals surface area (Å²) in [6.07, 6.45) is 10.5. The highest BCUT2D eigenvalue weighted by atomic mass is 16.5. The van der Waals surface area contributed by atoms with Crippen molar-refractivity contribution < 1.29 is 4.52 Å². The maximum Gasteiger partial charge on any atom is 0.124 e. The molecule has 1 fully saturated rings. The van der Waals surface area contributed by atoms with Crippen LogP contribution in [-0.2, 0) is 13.6 Å². The predicted octanol–water partition coefficient (Wildman–Crippen LogP) is 5.32. The van der Waals surface area contributed by atoms with Gasteiger partial charge in [0.05, 0.1) is 11.7 Å². The lowest BCUT2D eigenvalue weighted by Crippen LogP contribution is -2.22. The highest BCUT2D eigenvalue weighted by Gasteiger charge is 2.19. The van der Waals surface area contributed by atoms with E-state index in [2.05, 4.69) is 54.5 Å². The zero-order valence-corrected chi connectivity index (χ0v) is 17.1. The third kappa shape index (κ3) is 4.04. The average Bonchev–Trinajstić information content (AvgIpc) is 3.38. The molecule has 2 heterocycles. The fourth-order valence-corrected chi connectivity index (χ4v) is 4.31. The zero-order chi connectivity index (χ0) is 19.5. The second-order valence-electron chi connectivity index (χ2n) is 8.15. The molecule has 1 atom stereocenters. The van der Waals surface area contributed by atoms with Crippen molar-refractivity contribution in [2.24, 2.45) is 7.05 Å². The van der Waals surface area contributed by atoms with E-state index in [0.717, 1.165) is 23.9 Å². The molecule has 4 rings (SSSR count). The van der Waals surface area contributed by atoms with Crippen LogP contribution in [0.2, 0.25) is 0 Å². The SMILES string of the molecule is CC(c1ccon1)N(C)Cc1cn(C)nc1-c1ccc(C2CCCCC2)cc1. The smallest absolute Gasteiger partial charge is 0.124 e. The number of nitrogens with zero attached hydrogens (tertiary/aromatic N) is 4. The molecule has 0 aliphatic heterocycles. The zero-order valence-electron chi connectivity index (χ0n) is 17.1. The lowest BCUT2D eigenvalue weighted by molar-refractivity contribution is 0.241. The Morgan fingerprint density at radius 3 is 2.57 bits per heavy atom. The summed E-state index contributed by atoms with van der Waals surface area (Å²) >= 11 is 0. The molecule has 5 heteroatoms. The van der Waals surface area contributed by atoms with Crippen LogP contribution in [0.4, 0.5) is 0 Å². The third-order valence-corrected chi connectivity index (χ3v) is 6.13. The standard InChI is InChI=1S/C23H30N4O/c1-17(22-13-14-28-25-22)26(2)15-21-16-27(3)24-23(21)20-11-9-19(10-12-20)18-7-5-4-6-8-18/h9-14,16-18H,4-8,15H2,1-3H3. The molecule has 1 aliphatic rings. The van der Waals surface area contributed by atoms with Crippen LogP contribution in [0, 0.1) is 0 Å². The normalized spacial score (nSPS) is 16.6. The number of hydrogen-bond acceptors (Lipinski definition) is 4. The monoisotopic (exact) mass is 378 g/mol. The molecular formula is C23H30N4O. The summed E-state index contributed by atoms with van der Waals surface area (Å²) in [6.45, 7) is 2.95. The summed E-state index contributed by atoms with van der Waals surface area (Å²) in [5.74, 6) is 0.737. The first-order chi connectivity index (χ1) is 13.6. The first-order valence-corrected chi connectivity index (χ1v) is 10.3. The molecule has 1 saturated carbocycles. The van der Waals surface area contributed by atoms with E-state index >= 15 is 0 Å². The summed E-state index contributed by atoms with van der Waals surface area (Å²) in [5.41, 5.74) is 5.92. The second kappa shape index (κ2) is 8.31. The Balaban J connectivity index is 1.52. The van der Waals surface area contributed by atoms with Crippen LogP contribution in [0.15, 0.2) is 47.3 Å². The highest BCUT2D eigenvalue weighted by Crippen LogP contribution is 2.34. The molecule has 1 aromatic carbocycles. The molecule has 3 aromatic rings. The van der Waals surface area contributed by atoms with Gasteiger partial charge in [-0.05, 0) is 38.3 Å². The fraction of sp³-hybridized carbons (Fsp3) is 0.478. The Kier molecular flexibility index (Phi) is 5.62. The van der Waals surface area contributed by atoms with Gasteiger partial charge < -0.3 is 4.52 Å². The summed E-state index contributed by atoms with van der Waals surface area (Å²) in [6, 6.07) is 11.2. The Morgan fingerprint density at radius 2 is 1.89 bits per heavy atom. The van der Waals surface area contributed by atoms with Crippen molar-refractivity contribution in [3.8, 4) is 11.3 Å². The van der Waals surface area contributed by atoms with Gasteiger partial charge in [-0.15, -0.1) is 0 Å². The third-order valence-electron chi connectivity index (χ3n) is 6.13. The first-order valence-electron chi connectivity index (χ1n) is 10.3. The van der Waals surface area contributed by atoms with E-state index in [0.29, 0.717) is 0 Å². The van der Waals surface area contributed by atoms with Gasteiger partial charge in [0.1, 0.15) is 12.0 Å². The van der Waals surface area contributed by atoms with Crippen LogP contribution < -0.4 is 0 Å². The minimum absolute atomic E-state index is 0.181. The van der Waals surface area contributed by atoms with Gasteiger partial charge in [-0.1, -0.05) is 48.7 Å². The molecule has 0 amide bonds. The molecule has 148 valence electrons. The summed E-state index contributed by atoms with van der Waals surface area (Å²) in [5, 5.41) is 8.84. The lowest BCUT2D eigenvalue weighted by atomic mass is 9.84.